The van der Waals surface area contributed by atoms with E-state index in [4.69, 9.17) is 17.0 Å². The van der Waals surface area contributed by atoms with Crippen LogP contribution in [0.5, 0.6) is 5.75 Å². The molecule has 1 fully saturated rings. The molecule has 33 heavy (non-hydrogen) atoms. The number of methoxy groups -OCH3 is 1. The fourth-order valence-corrected chi connectivity index (χ4v) is 3.76. The van der Waals surface area contributed by atoms with Gasteiger partial charge in [0.1, 0.15) is 17.5 Å². The highest BCUT2D eigenvalue weighted by atomic mass is 32.1. The number of carboxylic acids is 1. The molecule has 1 saturated heterocycles. The van der Waals surface area contributed by atoms with Crippen molar-refractivity contribution in [1.29, 1.82) is 0 Å². The molecule has 2 aromatic rings. The highest BCUT2D eigenvalue weighted by Crippen LogP contribution is 2.21. The maximum absolute atomic E-state index is 13.0. The van der Waals surface area contributed by atoms with E-state index in [2.05, 4.69) is 5.32 Å². The fraction of sp³-hybridized carbons (Fsp3) is 0.192. The lowest BCUT2D eigenvalue weighted by Crippen LogP contribution is -2.46. The van der Waals surface area contributed by atoms with Gasteiger partial charge in [-0.1, -0.05) is 54.6 Å². The van der Waals surface area contributed by atoms with Crippen LogP contribution in [0.2, 0.25) is 0 Å². The number of amides is 1. The summed E-state index contributed by atoms with van der Waals surface area (Å²) >= 11 is 5.30. The SMILES string of the molecule is COc1ccc(/C(C)=C/C=C(C)/C=C2/NC(=S)N(C(Cc3ccccc3)C(=O)O)C2=O)cc1. The summed E-state index contributed by atoms with van der Waals surface area (Å²) < 4.78 is 5.18. The second-order valence-electron chi connectivity index (χ2n) is 7.70. The number of nitrogens with zero attached hydrogens (tertiary/aromatic N) is 1. The maximum atomic E-state index is 13.0. The molecule has 2 aromatic carbocycles. The monoisotopic (exact) mass is 462 g/mol. The van der Waals surface area contributed by atoms with Gasteiger partial charge < -0.3 is 15.2 Å². The number of benzene rings is 2. The first-order valence-electron chi connectivity index (χ1n) is 10.4. The van der Waals surface area contributed by atoms with Gasteiger partial charge in [-0.15, -0.1) is 0 Å². The highest BCUT2D eigenvalue weighted by Gasteiger charge is 2.39. The first-order valence-corrected chi connectivity index (χ1v) is 10.8. The average Bonchev–Trinajstić information content (AvgIpc) is 3.08. The summed E-state index contributed by atoms with van der Waals surface area (Å²) in [6.45, 7) is 3.86. The van der Waals surface area contributed by atoms with E-state index in [1.54, 1.807) is 13.2 Å². The van der Waals surface area contributed by atoms with E-state index in [0.29, 0.717) is 0 Å². The molecule has 170 valence electrons. The molecule has 0 saturated carbocycles. The summed E-state index contributed by atoms with van der Waals surface area (Å²) in [7, 11) is 1.63. The number of nitrogens with one attached hydrogen (secondary N) is 1. The minimum absolute atomic E-state index is 0.0901. The first-order chi connectivity index (χ1) is 15.8. The molecule has 1 aliphatic heterocycles. The lowest BCUT2D eigenvalue weighted by Gasteiger charge is -2.22. The van der Waals surface area contributed by atoms with Gasteiger partial charge in [0, 0.05) is 6.42 Å². The molecule has 6 nitrogen and oxygen atoms in total. The Balaban J connectivity index is 1.77. The van der Waals surface area contributed by atoms with Crippen molar-refractivity contribution < 1.29 is 19.4 Å². The van der Waals surface area contributed by atoms with Gasteiger partial charge in [0.25, 0.3) is 5.91 Å². The molecular weight excluding hydrogens is 436 g/mol. The molecule has 0 aromatic heterocycles. The largest absolute Gasteiger partial charge is 0.497 e. The smallest absolute Gasteiger partial charge is 0.327 e. The Labute approximate surface area is 198 Å². The zero-order valence-electron chi connectivity index (χ0n) is 18.7. The van der Waals surface area contributed by atoms with Crippen LogP contribution >= 0.6 is 12.2 Å². The number of carbonyl (C=O) groups is 2. The third kappa shape index (κ3) is 5.96. The van der Waals surface area contributed by atoms with Gasteiger partial charge in [0.05, 0.1) is 7.11 Å². The highest BCUT2D eigenvalue weighted by molar-refractivity contribution is 7.80. The van der Waals surface area contributed by atoms with Crippen LogP contribution in [0.4, 0.5) is 0 Å². The summed E-state index contributed by atoms with van der Waals surface area (Å²) in [5.41, 5.74) is 3.99. The van der Waals surface area contributed by atoms with Crippen LogP contribution in [0.1, 0.15) is 25.0 Å². The maximum Gasteiger partial charge on any atom is 0.327 e. The fourth-order valence-electron chi connectivity index (χ4n) is 3.44. The van der Waals surface area contributed by atoms with Crippen LogP contribution in [0, 0.1) is 0 Å². The number of allylic oxidation sites excluding steroid dienone is 5. The number of carboxylic acid groups (broad SMARTS) is 1. The van der Waals surface area contributed by atoms with Gasteiger partial charge in [0.15, 0.2) is 5.11 Å². The molecule has 3 rings (SSSR count). The van der Waals surface area contributed by atoms with Crippen LogP contribution < -0.4 is 10.1 Å². The summed E-state index contributed by atoms with van der Waals surface area (Å²) in [5, 5.41) is 12.7. The molecule has 0 aliphatic carbocycles. The minimum atomic E-state index is -1.11. The predicted molar refractivity (Wildman–Crippen MR) is 133 cm³/mol. The van der Waals surface area contributed by atoms with Crippen LogP contribution in [-0.4, -0.2) is 40.1 Å². The van der Waals surface area contributed by atoms with E-state index in [9.17, 15) is 14.7 Å². The van der Waals surface area contributed by atoms with Crippen molar-refractivity contribution in [2.75, 3.05) is 7.11 Å². The lowest BCUT2D eigenvalue weighted by atomic mass is 10.0. The summed E-state index contributed by atoms with van der Waals surface area (Å²) in [6, 6.07) is 15.8. The Morgan fingerprint density at radius 3 is 2.39 bits per heavy atom. The Hall–Kier alpha value is -3.71. The van der Waals surface area contributed by atoms with Crippen LogP contribution in [-0.2, 0) is 16.0 Å². The topological polar surface area (TPSA) is 78.9 Å². The number of aliphatic carboxylic acids is 1. The Bertz CT molecular complexity index is 1130. The van der Waals surface area contributed by atoms with Crippen molar-refractivity contribution >= 4 is 34.8 Å². The normalized spacial score (nSPS) is 16.7. The Kier molecular flexibility index (Phi) is 7.79. The predicted octanol–water partition coefficient (Wildman–Crippen LogP) is 4.34. The van der Waals surface area contributed by atoms with Crippen LogP contribution in [0.25, 0.3) is 5.57 Å². The van der Waals surface area contributed by atoms with Gasteiger partial charge in [-0.05, 0) is 66.5 Å². The van der Waals surface area contributed by atoms with E-state index in [1.165, 1.54) is 0 Å². The number of ether oxygens (including phenoxy) is 1. The Morgan fingerprint density at radius 2 is 1.79 bits per heavy atom. The van der Waals surface area contributed by atoms with Gasteiger partial charge in [-0.3, -0.25) is 9.69 Å². The standard InChI is InChI=1S/C26H26N2O4S/c1-17(9-10-18(2)20-11-13-21(32-3)14-12-20)15-22-24(29)28(26(33)27-22)23(25(30)31)16-19-7-5-4-6-8-19/h4-15,23H,16H2,1-3H3,(H,27,33)(H,30,31)/b17-9+,18-10+,22-15+. The second-order valence-corrected chi connectivity index (χ2v) is 8.08. The molecule has 0 bridgehead atoms. The van der Waals surface area contributed by atoms with Crippen molar-refractivity contribution in [2.24, 2.45) is 0 Å². The second kappa shape index (κ2) is 10.7. The van der Waals surface area contributed by atoms with Crippen LogP contribution in [0.3, 0.4) is 0 Å². The van der Waals surface area contributed by atoms with Crippen molar-refractivity contribution in [3.05, 3.63) is 95.2 Å². The van der Waals surface area contributed by atoms with Gasteiger partial charge >= 0.3 is 5.97 Å². The van der Waals surface area contributed by atoms with Crippen molar-refractivity contribution in [1.82, 2.24) is 10.2 Å². The molecule has 1 aliphatic rings. The molecule has 1 atom stereocenters. The number of hydrogen-bond acceptors (Lipinski definition) is 4. The van der Waals surface area contributed by atoms with Crippen LogP contribution in [0.15, 0.2) is 84.1 Å². The number of rotatable bonds is 8. The number of carbonyl (C=O) groups excluding carboxylic acids is 1. The van der Waals surface area contributed by atoms with Gasteiger partial charge in [-0.2, -0.15) is 0 Å². The minimum Gasteiger partial charge on any atom is -0.497 e. The number of hydrogen-bond donors (Lipinski definition) is 2. The Morgan fingerprint density at radius 1 is 1.12 bits per heavy atom. The van der Waals surface area contributed by atoms with Crippen molar-refractivity contribution in [2.45, 2.75) is 26.3 Å². The third-order valence-corrected chi connectivity index (χ3v) is 5.59. The van der Waals surface area contributed by atoms with Gasteiger partial charge in [-0.25, -0.2) is 4.79 Å². The summed E-state index contributed by atoms with van der Waals surface area (Å²) in [4.78, 5) is 26.1. The average molecular weight is 463 g/mol. The quantitative estimate of drug-likeness (QED) is 0.345. The first kappa shape index (κ1) is 23.9. The molecule has 1 unspecified atom stereocenters. The van der Waals surface area contributed by atoms with E-state index in [0.717, 1.165) is 32.9 Å². The molecule has 0 radical (unpaired) electrons. The zero-order valence-corrected chi connectivity index (χ0v) is 19.6. The third-order valence-electron chi connectivity index (χ3n) is 5.29. The molecular formula is C26H26N2O4S. The molecule has 0 spiro atoms. The van der Waals surface area contributed by atoms with E-state index < -0.39 is 17.9 Å². The van der Waals surface area contributed by atoms with Crippen molar-refractivity contribution in [3.63, 3.8) is 0 Å². The molecule has 1 heterocycles. The summed E-state index contributed by atoms with van der Waals surface area (Å²) in [6.07, 6.45) is 5.69. The molecule has 1 amide bonds. The number of thiocarbonyl (C=S) groups is 1. The van der Waals surface area contributed by atoms with Gasteiger partial charge in [0.2, 0.25) is 0 Å². The van der Waals surface area contributed by atoms with E-state index >= 15 is 0 Å². The molecule has 7 heteroatoms. The van der Waals surface area contributed by atoms with E-state index in [-0.39, 0.29) is 17.2 Å². The summed E-state index contributed by atoms with van der Waals surface area (Å²) in [5.74, 6) is -0.767. The van der Waals surface area contributed by atoms with E-state index in [1.807, 2.05) is 80.6 Å². The molecule has 2 N–H and O–H groups in total. The lowest BCUT2D eigenvalue weighted by molar-refractivity contribution is -0.145. The van der Waals surface area contributed by atoms with Crippen molar-refractivity contribution in [3.8, 4) is 5.75 Å². The zero-order chi connectivity index (χ0) is 24.0.